The quantitative estimate of drug-likeness (QED) is 0.333. The Morgan fingerprint density at radius 1 is 1.10 bits per heavy atom. The van der Waals surface area contributed by atoms with Crippen molar-refractivity contribution in [2.75, 3.05) is 5.84 Å². The summed E-state index contributed by atoms with van der Waals surface area (Å²) in [7, 11) is 0. The summed E-state index contributed by atoms with van der Waals surface area (Å²) in [5, 5.41) is 13.8. The van der Waals surface area contributed by atoms with E-state index in [0.29, 0.717) is 44.1 Å². The minimum atomic E-state index is 0.406. The number of thioether (sulfide) groups is 1. The summed E-state index contributed by atoms with van der Waals surface area (Å²) < 4.78 is 6.72. The molecular weight excluding hydrogens is 431 g/mol. The molecule has 7 nitrogen and oxygen atoms in total. The molecule has 4 aromatic rings. The van der Waals surface area contributed by atoms with Gasteiger partial charge in [0.1, 0.15) is 0 Å². The minimum absolute atomic E-state index is 0.406. The van der Waals surface area contributed by atoms with Crippen LogP contribution in [0.3, 0.4) is 0 Å². The molecule has 2 aromatic heterocycles. The number of rotatable bonds is 6. The average molecular weight is 447 g/mol. The van der Waals surface area contributed by atoms with Crippen molar-refractivity contribution in [3.05, 3.63) is 64.0 Å². The number of nitrogen functional groups attached to an aromatic ring is 1. The first-order valence-corrected chi connectivity index (χ1v) is 10.5. The summed E-state index contributed by atoms with van der Waals surface area (Å²) in [4.78, 5) is 4.44. The molecule has 0 aliphatic rings. The van der Waals surface area contributed by atoms with E-state index in [4.69, 9.17) is 33.6 Å². The molecule has 148 valence electrons. The molecule has 0 saturated heterocycles. The Morgan fingerprint density at radius 2 is 1.90 bits per heavy atom. The predicted molar refractivity (Wildman–Crippen MR) is 114 cm³/mol. The van der Waals surface area contributed by atoms with Crippen LogP contribution in [0.4, 0.5) is 0 Å². The van der Waals surface area contributed by atoms with Gasteiger partial charge in [-0.15, -0.1) is 10.2 Å². The Kier molecular flexibility index (Phi) is 5.75. The lowest BCUT2D eigenvalue weighted by atomic mass is 10.1. The molecule has 0 aliphatic carbocycles. The van der Waals surface area contributed by atoms with Crippen molar-refractivity contribution in [3.8, 4) is 22.8 Å². The van der Waals surface area contributed by atoms with Gasteiger partial charge < -0.3 is 10.4 Å². The second kappa shape index (κ2) is 8.44. The first-order chi connectivity index (χ1) is 14.0. The molecular formula is C19H16Cl2N6OS. The number of hydrogen-bond acceptors (Lipinski definition) is 7. The maximum Gasteiger partial charge on any atom is 0.237 e. The Morgan fingerprint density at radius 3 is 2.62 bits per heavy atom. The molecule has 2 aromatic carbocycles. The summed E-state index contributed by atoms with van der Waals surface area (Å²) in [5.74, 6) is 8.01. The Hall–Kier alpha value is -2.55. The first kappa shape index (κ1) is 19.8. The van der Waals surface area contributed by atoms with E-state index in [1.165, 1.54) is 22.0 Å². The van der Waals surface area contributed by atoms with Crippen molar-refractivity contribution < 1.29 is 4.52 Å². The van der Waals surface area contributed by atoms with Crippen molar-refractivity contribution >= 4 is 35.0 Å². The lowest BCUT2D eigenvalue weighted by Gasteiger charge is -2.05. The average Bonchev–Trinajstić information content (AvgIpc) is 3.34. The zero-order valence-electron chi connectivity index (χ0n) is 15.3. The maximum atomic E-state index is 6.24. The summed E-state index contributed by atoms with van der Waals surface area (Å²) in [6, 6.07) is 13.2. The molecule has 0 fully saturated rings. The second-order valence-corrected chi connectivity index (χ2v) is 7.94. The van der Waals surface area contributed by atoms with Crippen molar-refractivity contribution in [1.29, 1.82) is 0 Å². The minimum Gasteiger partial charge on any atom is -0.338 e. The van der Waals surface area contributed by atoms with E-state index >= 15 is 0 Å². The summed E-state index contributed by atoms with van der Waals surface area (Å²) in [5.41, 5.74) is 2.81. The zero-order valence-corrected chi connectivity index (χ0v) is 17.7. The molecule has 2 N–H and O–H groups in total. The van der Waals surface area contributed by atoms with Gasteiger partial charge in [-0.25, -0.2) is 4.68 Å². The van der Waals surface area contributed by atoms with Crippen LogP contribution in [0.1, 0.15) is 18.4 Å². The number of hydrogen-bond donors (Lipinski definition) is 1. The van der Waals surface area contributed by atoms with Crippen molar-refractivity contribution in [2.24, 2.45) is 0 Å². The summed E-state index contributed by atoms with van der Waals surface area (Å²) in [6.45, 7) is 2.11. The number of nitrogens with two attached hydrogens (primary N) is 1. The Labute approximate surface area is 181 Å². The van der Waals surface area contributed by atoms with Crippen molar-refractivity contribution in [1.82, 2.24) is 25.0 Å². The molecule has 0 bridgehead atoms. The number of halogens is 2. The van der Waals surface area contributed by atoms with Gasteiger partial charge in [0.25, 0.3) is 0 Å². The van der Waals surface area contributed by atoms with Crippen molar-refractivity contribution in [2.45, 2.75) is 24.3 Å². The summed E-state index contributed by atoms with van der Waals surface area (Å²) in [6.07, 6.45) is 0.984. The number of aromatic nitrogens is 5. The van der Waals surface area contributed by atoms with Gasteiger partial charge in [-0.05, 0) is 30.2 Å². The molecule has 0 atom stereocenters. The normalized spacial score (nSPS) is 11.1. The van der Waals surface area contributed by atoms with E-state index in [1.807, 2.05) is 12.1 Å². The van der Waals surface area contributed by atoms with Gasteiger partial charge in [-0.1, -0.05) is 71.3 Å². The van der Waals surface area contributed by atoms with E-state index in [-0.39, 0.29) is 0 Å². The molecule has 0 aliphatic heterocycles. The monoisotopic (exact) mass is 446 g/mol. The third kappa shape index (κ3) is 4.24. The Bertz CT molecular complexity index is 1140. The third-order valence-corrected chi connectivity index (χ3v) is 5.73. The fourth-order valence-electron chi connectivity index (χ4n) is 2.68. The first-order valence-electron chi connectivity index (χ1n) is 8.75. The van der Waals surface area contributed by atoms with Gasteiger partial charge in [-0.2, -0.15) is 4.98 Å². The van der Waals surface area contributed by atoms with E-state index in [9.17, 15) is 0 Å². The summed E-state index contributed by atoms with van der Waals surface area (Å²) >= 11 is 13.5. The van der Waals surface area contributed by atoms with Crippen LogP contribution in [-0.4, -0.2) is 25.0 Å². The van der Waals surface area contributed by atoms with Gasteiger partial charge in [0, 0.05) is 16.1 Å². The van der Waals surface area contributed by atoms with Crippen LogP contribution in [0.25, 0.3) is 22.8 Å². The van der Waals surface area contributed by atoms with E-state index < -0.39 is 0 Å². The largest absolute Gasteiger partial charge is 0.338 e. The van der Waals surface area contributed by atoms with Gasteiger partial charge in [0.05, 0.1) is 10.8 Å². The highest BCUT2D eigenvalue weighted by molar-refractivity contribution is 7.98. The highest BCUT2D eigenvalue weighted by Crippen LogP contribution is 2.31. The Balaban J connectivity index is 1.47. The van der Waals surface area contributed by atoms with Gasteiger partial charge >= 0.3 is 0 Å². The predicted octanol–water partition coefficient (Wildman–Crippen LogP) is 4.87. The molecule has 4 rings (SSSR count). The molecule has 0 spiro atoms. The van der Waals surface area contributed by atoms with Gasteiger partial charge in [-0.3, -0.25) is 0 Å². The molecule has 2 heterocycles. The lowest BCUT2D eigenvalue weighted by Crippen LogP contribution is -2.11. The van der Waals surface area contributed by atoms with E-state index in [1.54, 1.807) is 18.2 Å². The highest BCUT2D eigenvalue weighted by Gasteiger charge is 2.17. The van der Waals surface area contributed by atoms with Crippen molar-refractivity contribution in [3.63, 3.8) is 0 Å². The van der Waals surface area contributed by atoms with Crippen LogP contribution in [0.5, 0.6) is 0 Å². The van der Waals surface area contributed by atoms with Gasteiger partial charge in [0.2, 0.25) is 16.9 Å². The molecule has 0 saturated carbocycles. The van der Waals surface area contributed by atoms with Crippen LogP contribution >= 0.6 is 35.0 Å². The standard InChI is InChI=1S/C19H16Cl2N6OS/c1-2-11-3-5-12(6-4-11)17-23-16(28-26-17)10-29-19-25-24-18(27(19)22)14-8-7-13(20)9-15(14)21/h3-9H,2,10,22H2,1H3. The fourth-order valence-corrected chi connectivity index (χ4v) is 3.86. The third-order valence-electron chi connectivity index (χ3n) is 4.25. The number of nitrogens with zero attached hydrogens (tertiary/aromatic N) is 5. The molecule has 0 amide bonds. The second-order valence-electron chi connectivity index (χ2n) is 6.15. The highest BCUT2D eigenvalue weighted by atomic mass is 35.5. The number of aryl methyl sites for hydroxylation is 1. The fraction of sp³-hybridized carbons (Fsp3) is 0.158. The van der Waals surface area contributed by atoms with Crippen LogP contribution in [-0.2, 0) is 12.2 Å². The smallest absolute Gasteiger partial charge is 0.237 e. The molecule has 0 unspecified atom stereocenters. The SMILES string of the molecule is CCc1ccc(-c2noc(CSc3nnc(-c4ccc(Cl)cc4Cl)n3N)n2)cc1. The van der Waals surface area contributed by atoms with Crippen LogP contribution in [0, 0.1) is 0 Å². The molecule has 10 heteroatoms. The zero-order chi connectivity index (χ0) is 20.4. The van der Waals surface area contributed by atoms with Crippen LogP contribution in [0.2, 0.25) is 10.0 Å². The lowest BCUT2D eigenvalue weighted by molar-refractivity contribution is 0.391. The molecule has 0 radical (unpaired) electrons. The van der Waals surface area contributed by atoms with E-state index in [0.717, 1.165) is 12.0 Å². The maximum absolute atomic E-state index is 6.24. The van der Waals surface area contributed by atoms with Crippen LogP contribution in [0.15, 0.2) is 52.1 Å². The number of benzene rings is 2. The molecule has 29 heavy (non-hydrogen) atoms. The topological polar surface area (TPSA) is 95.7 Å². The van der Waals surface area contributed by atoms with Gasteiger partial charge in [0.15, 0.2) is 5.82 Å². The van der Waals surface area contributed by atoms with Crippen LogP contribution < -0.4 is 5.84 Å². The van der Waals surface area contributed by atoms with E-state index in [2.05, 4.69) is 39.4 Å².